The van der Waals surface area contributed by atoms with Crippen molar-refractivity contribution in [3.8, 4) is 11.5 Å². The minimum atomic E-state index is -0.138. The van der Waals surface area contributed by atoms with Crippen LogP contribution in [-0.4, -0.2) is 86.8 Å². The lowest BCUT2D eigenvalue weighted by Crippen LogP contribution is -2.49. The van der Waals surface area contributed by atoms with Crippen molar-refractivity contribution in [2.75, 3.05) is 45.8 Å². The van der Waals surface area contributed by atoms with Crippen molar-refractivity contribution >= 4 is 41.8 Å². The van der Waals surface area contributed by atoms with Gasteiger partial charge in [0.1, 0.15) is 11.5 Å². The van der Waals surface area contributed by atoms with E-state index in [1.54, 1.807) is 37.1 Å². The Morgan fingerprint density at radius 3 is 2.53 bits per heavy atom. The largest absolute Gasteiger partial charge is 0.495 e. The third-order valence-corrected chi connectivity index (χ3v) is 8.71. The van der Waals surface area contributed by atoms with Crippen LogP contribution in [0.3, 0.4) is 0 Å². The summed E-state index contributed by atoms with van der Waals surface area (Å²) < 4.78 is 17.2. The molecule has 0 aliphatic carbocycles. The number of aliphatic imine (C=N–C) groups is 2. The highest BCUT2D eigenvalue weighted by molar-refractivity contribution is 6.29. The van der Waals surface area contributed by atoms with Crippen LogP contribution in [0.25, 0.3) is 0 Å². The van der Waals surface area contributed by atoms with Gasteiger partial charge in [0.25, 0.3) is 11.8 Å². The number of aryl methyl sites for hydroxylation is 1. The van der Waals surface area contributed by atoms with Crippen molar-refractivity contribution in [2.45, 2.75) is 58.2 Å². The van der Waals surface area contributed by atoms with Crippen LogP contribution in [0.4, 0.5) is 5.69 Å². The van der Waals surface area contributed by atoms with Crippen LogP contribution in [-0.2, 0) is 11.3 Å². The third-order valence-electron chi connectivity index (χ3n) is 8.55. The fraction of sp³-hybridized carbons (Fsp3) is 0.455. The normalized spacial score (nSPS) is 18.7. The maximum Gasteiger partial charge on any atom is 0.258 e. The van der Waals surface area contributed by atoms with Crippen LogP contribution in [0.5, 0.6) is 11.5 Å². The molecule has 0 saturated carbocycles. The zero-order valence-electron chi connectivity index (χ0n) is 26.3. The molecule has 0 bridgehead atoms. The molecular formula is C33H41ClN6O5. The second kappa shape index (κ2) is 14.4. The van der Waals surface area contributed by atoms with Crippen LogP contribution in [0.2, 0.25) is 0 Å². The van der Waals surface area contributed by atoms with Crippen LogP contribution < -0.4 is 20.1 Å². The summed E-state index contributed by atoms with van der Waals surface area (Å²) >= 11 is 6.37. The first-order chi connectivity index (χ1) is 21.7. The summed E-state index contributed by atoms with van der Waals surface area (Å²) in [5.41, 5.74) is 3.15. The number of halogens is 1. The van der Waals surface area contributed by atoms with Crippen molar-refractivity contribution < 1.29 is 23.8 Å². The number of hydrogen-bond donors (Lipinski definition) is 2. The second-order valence-corrected chi connectivity index (χ2v) is 12.2. The summed E-state index contributed by atoms with van der Waals surface area (Å²) in [6.07, 6.45) is 3.98. The van der Waals surface area contributed by atoms with Crippen molar-refractivity contribution in [3.63, 3.8) is 0 Å². The molecule has 5 rings (SSSR count). The van der Waals surface area contributed by atoms with E-state index in [1.165, 1.54) is 7.11 Å². The van der Waals surface area contributed by atoms with Gasteiger partial charge in [-0.3, -0.25) is 9.59 Å². The van der Waals surface area contributed by atoms with Gasteiger partial charge in [0.2, 0.25) is 11.8 Å². The summed E-state index contributed by atoms with van der Waals surface area (Å²) in [4.78, 5) is 38.7. The number of rotatable bonds is 8. The Labute approximate surface area is 269 Å². The Kier molecular flexibility index (Phi) is 10.4. The van der Waals surface area contributed by atoms with Crippen molar-refractivity contribution in [1.82, 2.24) is 15.1 Å². The lowest BCUT2D eigenvalue weighted by Gasteiger charge is -2.39. The lowest BCUT2D eigenvalue weighted by atomic mass is 9.99. The number of nitrogens with one attached hydrogen (secondary N) is 2. The molecule has 0 spiro atoms. The van der Waals surface area contributed by atoms with Crippen LogP contribution in [0, 0.1) is 6.92 Å². The van der Waals surface area contributed by atoms with E-state index in [-0.39, 0.29) is 34.7 Å². The van der Waals surface area contributed by atoms with Gasteiger partial charge in [0.15, 0.2) is 0 Å². The van der Waals surface area contributed by atoms with Crippen molar-refractivity contribution in [2.24, 2.45) is 9.98 Å². The molecule has 0 atom stereocenters. The number of hydrogen-bond acceptors (Lipinski definition) is 7. The number of anilines is 1. The zero-order valence-corrected chi connectivity index (χ0v) is 27.1. The number of piperidine rings is 1. The number of likely N-dealkylation sites (tertiary alicyclic amines) is 1. The number of ether oxygens (including phenoxy) is 3. The molecular weight excluding hydrogens is 596 g/mol. The fourth-order valence-corrected chi connectivity index (χ4v) is 6.15. The highest BCUT2D eigenvalue weighted by Gasteiger charge is 2.30. The molecule has 12 heteroatoms. The van der Waals surface area contributed by atoms with Gasteiger partial charge in [-0.1, -0.05) is 23.7 Å². The predicted molar refractivity (Wildman–Crippen MR) is 176 cm³/mol. The fourth-order valence-electron chi connectivity index (χ4n) is 6.07. The molecule has 11 nitrogen and oxygen atoms in total. The first kappa shape index (κ1) is 32.5. The Balaban J connectivity index is 1.28. The molecule has 3 aliphatic heterocycles. The first-order valence-corrected chi connectivity index (χ1v) is 15.6. The van der Waals surface area contributed by atoms with E-state index >= 15 is 0 Å². The number of allylic oxidation sites excluding steroid dienone is 1. The van der Waals surface area contributed by atoms with Crippen LogP contribution in [0.1, 0.15) is 64.4 Å². The molecule has 0 unspecified atom stereocenters. The second-order valence-electron chi connectivity index (χ2n) is 11.6. The average Bonchev–Trinajstić information content (AvgIpc) is 3.34. The number of nitrogens with zero attached hydrogens (tertiary/aromatic N) is 4. The number of benzene rings is 2. The summed E-state index contributed by atoms with van der Waals surface area (Å²) in [6, 6.07) is 9.61. The molecule has 0 aromatic heterocycles. The van der Waals surface area contributed by atoms with E-state index < -0.39 is 0 Å². The van der Waals surface area contributed by atoms with Gasteiger partial charge in [-0.05, 0) is 75.6 Å². The summed E-state index contributed by atoms with van der Waals surface area (Å²) in [7, 11) is 3.27. The molecule has 2 amide bonds. The number of carbonyl (C=O) groups excluding carboxylic acids is 2. The van der Waals surface area contributed by atoms with E-state index in [1.807, 2.05) is 19.1 Å². The van der Waals surface area contributed by atoms with Gasteiger partial charge in [-0.15, -0.1) is 0 Å². The Bertz CT molecular complexity index is 1510. The summed E-state index contributed by atoms with van der Waals surface area (Å²) in [5, 5.41) is 6.59. The topological polar surface area (TPSA) is 117 Å². The highest BCUT2D eigenvalue weighted by atomic mass is 35.5. The van der Waals surface area contributed by atoms with E-state index in [0.717, 1.165) is 63.1 Å². The van der Waals surface area contributed by atoms with Gasteiger partial charge in [0, 0.05) is 57.5 Å². The molecule has 2 fully saturated rings. The molecule has 2 saturated heterocycles. The van der Waals surface area contributed by atoms with E-state index in [9.17, 15) is 9.59 Å². The number of carbonyl (C=O) groups is 2. The number of fused-ring (bicyclic) bond motifs is 1. The third kappa shape index (κ3) is 7.49. The number of guanidine groups is 1. The van der Waals surface area contributed by atoms with E-state index in [2.05, 4.69) is 32.2 Å². The van der Waals surface area contributed by atoms with Gasteiger partial charge in [0.05, 0.1) is 23.4 Å². The Hall–Kier alpha value is -3.93. The smallest absolute Gasteiger partial charge is 0.258 e. The molecule has 240 valence electrons. The van der Waals surface area contributed by atoms with Crippen molar-refractivity contribution in [3.05, 3.63) is 63.5 Å². The standard InChI is InChI=1S/C33H41ClN6O5/c1-20-17-26(28(43-5)18-25(20)30(41)36-23-9-13-40(14-10-23)24-11-15-44-16-12-24)37-33(35-3)38-31(21(2)34)45-27-8-6-7-22-19-39(4)32(42)29(22)27/h6-8,17-18,23-24H,3,9-16,19H2,1-2,4-5H3,(H,36,41)(H,37,38)/b31-21-. The molecule has 45 heavy (non-hydrogen) atoms. The zero-order chi connectivity index (χ0) is 32.1. The quantitative estimate of drug-likeness (QED) is 0.240. The summed E-state index contributed by atoms with van der Waals surface area (Å²) in [6.45, 7) is 11.2. The van der Waals surface area contributed by atoms with Crippen LogP contribution >= 0.6 is 11.6 Å². The van der Waals surface area contributed by atoms with Gasteiger partial charge in [-0.25, -0.2) is 4.99 Å². The number of amides is 2. The lowest BCUT2D eigenvalue weighted by molar-refractivity contribution is 0.0238. The minimum Gasteiger partial charge on any atom is -0.495 e. The molecule has 3 aliphatic rings. The van der Waals surface area contributed by atoms with Gasteiger partial charge < -0.3 is 34.6 Å². The molecule has 0 radical (unpaired) electrons. The maximum absolute atomic E-state index is 13.4. The predicted octanol–water partition coefficient (Wildman–Crippen LogP) is 4.94. The van der Waals surface area contributed by atoms with E-state index in [0.29, 0.717) is 40.9 Å². The SMILES string of the molecule is C=NC(=N/C(Oc1cccc2c1C(=O)N(C)C2)=C(\C)Cl)Nc1cc(C)c(C(=O)NC2CCN(C3CCOCC3)CC2)cc1OC. The van der Waals surface area contributed by atoms with Gasteiger partial charge in [-0.2, -0.15) is 4.99 Å². The molecule has 2 aromatic rings. The number of methoxy groups -OCH3 is 1. The molecule has 3 heterocycles. The highest BCUT2D eigenvalue weighted by Crippen LogP contribution is 2.33. The minimum absolute atomic E-state index is 0.0527. The maximum atomic E-state index is 13.4. The Morgan fingerprint density at radius 2 is 1.87 bits per heavy atom. The summed E-state index contributed by atoms with van der Waals surface area (Å²) in [5.74, 6) is 0.650. The van der Waals surface area contributed by atoms with Crippen LogP contribution in [0.15, 0.2) is 51.2 Å². The average molecular weight is 637 g/mol. The van der Waals surface area contributed by atoms with Gasteiger partial charge >= 0.3 is 0 Å². The first-order valence-electron chi connectivity index (χ1n) is 15.2. The molecule has 2 N–H and O–H groups in total. The van der Waals surface area contributed by atoms with E-state index in [4.69, 9.17) is 25.8 Å². The van der Waals surface area contributed by atoms with Crippen molar-refractivity contribution in [1.29, 1.82) is 0 Å². The molecule has 2 aromatic carbocycles. The Morgan fingerprint density at radius 1 is 1.13 bits per heavy atom. The monoisotopic (exact) mass is 636 g/mol.